The number of aromatic nitrogens is 2. The van der Waals surface area contributed by atoms with Crippen LogP contribution in [0.1, 0.15) is 48.8 Å². The minimum atomic E-state index is 0. The summed E-state index contributed by atoms with van der Waals surface area (Å²) in [6, 6.07) is 8.91. The van der Waals surface area contributed by atoms with Crippen molar-refractivity contribution in [2.45, 2.75) is 60.2 Å². The zero-order chi connectivity index (χ0) is 21.4. The van der Waals surface area contributed by atoms with Crippen molar-refractivity contribution in [2.24, 2.45) is 12.0 Å². The van der Waals surface area contributed by atoms with E-state index in [0.29, 0.717) is 0 Å². The molecule has 0 aliphatic rings. The Morgan fingerprint density at radius 1 is 1.17 bits per heavy atom. The van der Waals surface area contributed by atoms with E-state index in [1.807, 2.05) is 18.8 Å². The van der Waals surface area contributed by atoms with Gasteiger partial charge < -0.3 is 10.6 Å². The first-order valence-corrected chi connectivity index (χ1v) is 10.6. The molecule has 30 heavy (non-hydrogen) atoms. The molecule has 1 aromatic heterocycles. The van der Waals surface area contributed by atoms with Gasteiger partial charge >= 0.3 is 0 Å². The fourth-order valence-electron chi connectivity index (χ4n) is 3.65. The second-order valence-electron chi connectivity index (χ2n) is 7.68. The SMILES string of the molecule is CCN(CC)Cc1ccccc1CNC(=NC)NC(C)Cc1c(C)nn(C)c1C.I. The van der Waals surface area contributed by atoms with E-state index in [2.05, 4.69) is 84.5 Å². The number of hydrogen-bond acceptors (Lipinski definition) is 3. The van der Waals surface area contributed by atoms with Gasteiger partial charge in [0.15, 0.2) is 5.96 Å². The molecular weight excluding hydrogens is 487 g/mol. The molecule has 1 heterocycles. The third-order valence-electron chi connectivity index (χ3n) is 5.63. The third-order valence-corrected chi connectivity index (χ3v) is 5.63. The molecule has 0 fully saturated rings. The fraction of sp³-hybridized carbons (Fsp3) is 0.565. The zero-order valence-electron chi connectivity index (χ0n) is 19.6. The van der Waals surface area contributed by atoms with Crippen LogP contribution in [0.25, 0.3) is 0 Å². The Hall–Kier alpha value is -1.61. The first kappa shape index (κ1) is 26.4. The second kappa shape index (κ2) is 12.9. The Morgan fingerprint density at radius 3 is 2.33 bits per heavy atom. The van der Waals surface area contributed by atoms with E-state index in [1.165, 1.54) is 22.4 Å². The van der Waals surface area contributed by atoms with Gasteiger partial charge in [0.2, 0.25) is 0 Å². The monoisotopic (exact) mass is 526 g/mol. The van der Waals surface area contributed by atoms with Crippen LogP contribution in [0.5, 0.6) is 0 Å². The highest BCUT2D eigenvalue weighted by Crippen LogP contribution is 2.14. The maximum absolute atomic E-state index is 4.53. The Labute approximate surface area is 199 Å². The van der Waals surface area contributed by atoms with Crippen LogP contribution < -0.4 is 10.6 Å². The van der Waals surface area contributed by atoms with Gasteiger partial charge in [-0.1, -0.05) is 38.1 Å². The second-order valence-corrected chi connectivity index (χ2v) is 7.68. The molecular formula is C23H39IN6. The summed E-state index contributed by atoms with van der Waals surface area (Å²) in [4.78, 5) is 6.86. The number of nitrogens with one attached hydrogen (secondary N) is 2. The van der Waals surface area contributed by atoms with Crippen molar-refractivity contribution in [1.29, 1.82) is 0 Å². The summed E-state index contributed by atoms with van der Waals surface area (Å²) < 4.78 is 1.96. The van der Waals surface area contributed by atoms with E-state index >= 15 is 0 Å². The number of aryl methyl sites for hydroxylation is 2. The van der Waals surface area contributed by atoms with Gasteiger partial charge in [0.05, 0.1) is 5.69 Å². The summed E-state index contributed by atoms with van der Waals surface area (Å²) in [6.07, 6.45) is 0.921. The summed E-state index contributed by atoms with van der Waals surface area (Å²) in [6.45, 7) is 14.7. The van der Waals surface area contributed by atoms with Crippen molar-refractivity contribution in [3.05, 3.63) is 52.3 Å². The predicted octanol–water partition coefficient (Wildman–Crippen LogP) is 3.79. The lowest BCUT2D eigenvalue weighted by atomic mass is 10.1. The number of benzene rings is 1. The van der Waals surface area contributed by atoms with Crippen molar-refractivity contribution >= 4 is 29.9 Å². The first-order chi connectivity index (χ1) is 13.9. The normalized spacial score (nSPS) is 12.6. The van der Waals surface area contributed by atoms with Crippen LogP contribution in [0.3, 0.4) is 0 Å². The lowest BCUT2D eigenvalue weighted by Gasteiger charge is -2.21. The largest absolute Gasteiger partial charge is 0.354 e. The molecule has 0 saturated heterocycles. The van der Waals surface area contributed by atoms with Crippen molar-refractivity contribution in [1.82, 2.24) is 25.3 Å². The third kappa shape index (κ3) is 7.27. The van der Waals surface area contributed by atoms with E-state index < -0.39 is 0 Å². The number of nitrogens with zero attached hydrogens (tertiary/aromatic N) is 4. The molecule has 0 saturated carbocycles. The van der Waals surface area contributed by atoms with Gasteiger partial charge in [0.25, 0.3) is 0 Å². The molecule has 1 atom stereocenters. The van der Waals surface area contributed by atoms with Gasteiger partial charge in [-0.05, 0) is 57.0 Å². The van der Waals surface area contributed by atoms with Crippen LogP contribution in [0.15, 0.2) is 29.3 Å². The molecule has 2 rings (SSSR count). The van der Waals surface area contributed by atoms with Gasteiger partial charge in [-0.3, -0.25) is 14.6 Å². The van der Waals surface area contributed by atoms with E-state index in [-0.39, 0.29) is 30.0 Å². The van der Waals surface area contributed by atoms with Gasteiger partial charge in [-0.2, -0.15) is 5.10 Å². The molecule has 7 heteroatoms. The molecule has 2 aromatic rings. The Morgan fingerprint density at radius 2 is 1.80 bits per heavy atom. The maximum atomic E-state index is 4.53. The summed E-state index contributed by atoms with van der Waals surface area (Å²) >= 11 is 0. The zero-order valence-corrected chi connectivity index (χ0v) is 21.9. The minimum absolute atomic E-state index is 0. The first-order valence-electron chi connectivity index (χ1n) is 10.6. The Bertz CT molecular complexity index is 810. The average molecular weight is 527 g/mol. The number of aliphatic imine (C=N–C) groups is 1. The molecule has 6 nitrogen and oxygen atoms in total. The molecule has 0 radical (unpaired) electrons. The summed E-state index contributed by atoms with van der Waals surface area (Å²) in [7, 11) is 3.82. The van der Waals surface area contributed by atoms with Crippen LogP contribution in [-0.2, 0) is 26.6 Å². The maximum Gasteiger partial charge on any atom is 0.191 e. The highest BCUT2D eigenvalue weighted by molar-refractivity contribution is 14.0. The smallest absolute Gasteiger partial charge is 0.191 e. The van der Waals surface area contributed by atoms with Crippen molar-refractivity contribution in [3.8, 4) is 0 Å². The highest BCUT2D eigenvalue weighted by atomic mass is 127. The van der Waals surface area contributed by atoms with Crippen molar-refractivity contribution in [2.75, 3.05) is 20.1 Å². The van der Waals surface area contributed by atoms with Crippen molar-refractivity contribution < 1.29 is 0 Å². The van der Waals surface area contributed by atoms with E-state index in [4.69, 9.17) is 0 Å². The van der Waals surface area contributed by atoms with E-state index in [0.717, 1.165) is 44.3 Å². The van der Waals surface area contributed by atoms with Crippen LogP contribution in [0.4, 0.5) is 0 Å². The summed E-state index contributed by atoms with van der Waals surface area (Å²) in [5.74, 6) is 0.828. The molecule has 0 bridgehead atoms. The lowest BCUT2D eigenvalue weighted by Crippen LogP contribution is -2.43. The topological polar surface area (TPSA) is 57.5 Å². The molecule has 0 spiro atoms. The average Bonchev–Trinajstić information content (AvgIpc) is 2.95. The molecule has 168 valence electrons. The number of hydrogen-bond donors (Lipinski definition) is 2. The fourth-order valence-corrected chi connectivity index (χ4v) is 3.65. The lowest BCUT2D eigenvalue weighted by molar-refractivity contribution is 0.295. The highest BCUT2D eigenvalue weighted by Gasteiger charge is 2.14. The van der Waals surface area contributed by atoms with Gasteiger partial charge in [0, 0.05) is 38.9 Å². The molecule has 0 aliphatic carbocycles. The summed E-state index contributed by atoms with van der Waals surface area (Å²) in [5, 5.41) is 11.5. The Balaban J connectivity index is 0.00000450. The molecule has 0 amide bonds. The predicted molar refractivity (Wildman–Crippen MR) is 138 cm³/mol. The van der Waals surface area contributed by atoms with Crippen LogP contribution in [-0.4, -0.2) is 46.8 Å². The molecule has 1 aromatic carbocycles. The molecule has 0 aliphatic heterocycles. The number of rotatable bonds is 9. The minimum Gasteiger partial charge on any atom is -0.354 e. The van der Waals surface area contributed by atoms with Crippen LogP contribution >= 0.6 is 24.0 Å². The van der Waals surface area contributed by atoms with Gasteiger partial charge in [0.1, 0.15) is 0 Å². The number of halogens is 1. The quantitative estimate of drug-likeness (QED) is 0.297. The standard InChI is InChI=1S/C23H38N6.HI/c1-8-29(9-2)16-21-13-11-10-12-20(21)15-25-23(24-6)26-17(3)14-22-18(4)27-28(7)19(22)5;/h10-13,17H,8-9,14-16H2,1-7H3,(H2,24,25,26);1H. The van der Waals surface area contributed by atoms with Gasteiger partial charge in [-0.25, -0.2) is 0 Å². The van der Waals surface area contributed by atoms with Gasteiger partial charge in [-0.15, -0.1) is 24.0 Å². The van der Waals surface area contributed by atoms with Crippen molar-refractivity contribution in [3.63, 3.8) is 0 Å². The number of guanidine groups is 1. The summed E-state index contributed by atoms with van der Waals surface area (Å²) in [5.41, 5.74) is 6.33. The van der Waals surface area contributed by atoms with E-state index in [1.54, 1.807) is 0 Å². The molecule has 2 N–H and O–H groups in total. The Kier molecular flexibility index (Phi) is 11.4. The van der Waals surface area contributed by atoms with Crippen LogP contribution in [0.2, 0.25) is 0 Å². The molecule has 1 unspecified atom stereocenters. The van der Waals surface area contributed by atoms with E-state index in [9.17, 15) is 0 Å². The van der Waals surface area contributed by atoms with Crippen LogP contribution in [0, 0.1) is 13.8 Å².